The number of anilines is 1. The van der Waals surface area contributed by atoms with E-state index in [4.69, 9.17) is 9.47 Å². The number of nitrogens with zero attached hydrogens (tertiary/aromatic N) is 4. The maximum absolute atomic E-state index is 12.6. The summed E-state index contributed by atoms with van der Waals surface area (Å²) < 4.78 is 12.6. The molecule has 0 atom stereocenters. The molecule has 9 nitrogen and oxygen atoms in total. The number of aryl methyl sites for hydroxylation is 2. The molecule has 0 bridgehead atoms. The summed E-state index contributed by atoms with van der Waals surface area (Å²) in [5.41, 5.74) is 3.12. The Bertz CT molecular complexity index is 1240. The number of thiophene rings is 1. The monoisotopic (exact) mass is 479 g/mol. The Morgan fingerprint density at radius 2 is 2.15 bits per heavy atom. The Kier molecular flexibility index (Phi) is 7.13. The molecule has 1 aromatic carbocycles. The van der Waals surface area contributed by atoms with Crippen LogP contribution in [0.1, 0.15) is 33.7 Å². The fourth-order valence-corrected chi connectivity index (χ4v) is 5.09. The van der Waals surface area contributed by atoms with Gasteiger partial charge in [0.05, 0.1) is 37.4 Å². The van der Waals surface area contributed by atoms with Gasteiger partial charge in [-0.25, -0.2) is 9.78 Å². The number of imidazole rings is 1. The van der Waals surface area contributed by atoms with Crippen molar-refractivity contribution in [3.8, 4) is 11.8 Å². The molecule has 0 fully saturated rings. The van der Waals surface area contributed by atoms with E-state index in [9.17, 15) is 14.9 Å². The van der Waals surface area contributed by atoms with Crippen LogP contribution in [0, 0.1) is 11.3 Å². The Hall–Kier alpha value is -3.84. The summed E-state index contributed by atoms with van der Waals surface area (Å²) >= 11 is 1.34. The lowest BCUT2D eigenvalue weighted by Crippen LogP contribution is -2.35. The van der Waals surface area contributed by atoms with Crippen LogP contribution in [0.3, 0.4) is 0 Å². The van der Waals surface area contributed by atoms with Gasteiger partial charge < -0.3 is 24.3 Å². The zero-order valence-electron chi connectivity index (χ0n) is 19.0. The van der Waals surface area contributed by atoms with Crippen LogP contribution in [0.5, 0.6) is 5.75 Å². The number of ether oxygens (including phenoxy) is 2. The third-order valence-corrected chi connectivity index (χ3v) is 6.89. The minimum absolute atomic E-state index is 0.139. The number of aromatic nitrogens is 2. The molecule has 1 N–H and O–H groups in total. The fourth-order valence-electron chi connectivity index (χ4n) is 3.86. The highest BCUT2D eigenvalue weighted by Gasteiger charge is 2.28. The van der Waals surface area contributed by atoms with Crippen LogP contribution in [0.4, 0.5) is 9.80 Å². The van der Waals surface area contributed by atoms with Crippen LogP contribution < -0.4 is 10.1 Å². The molecule has 4 rings (SSSR count). The van der Waals surface area contributed by atoms with Gasteiger partial charge >= 0.3 is 6.09 Å². The first-order chi connectivity index (χ1) is 16.5. The van der Waals surface area contributed by atoms with E-state index in [1.54, 1.807) is 29.1 Å². The lowest BCUT2D eigenvalue weighted by Gasteiger charge is -2.26. The first-order valence-corrected chi connectivity index (χ1v) is 11.6. The smallest absolute Gasteiger partial charge is 0.410 e. The number of methoxy groups -OCH3 is 1. The average Bonchev–Trinajstić information content (AvgIpc) is 3.42. The first kappa shape index (κ1) is 23.3. The number of benzene rings is 1. The van der Waals surface area contributed by atoms with Crippen molar-refractivity contribution in [2.75, 3.05) is 19.0 Å². The van der Waals surface area contributed by atoms with E-state index in [-0.39, 0.29) is 18.9 Å². The van der Waals surface area contributed by atoms with E-state index >= 15 is 0 Å². The van der Waals surface area contributed by atoms with E-state index in [2.05, 4.69) is 16.4 Å². The molecule has 0 aliphatic carbocycles. The van der Waals surface area contributed by atoms with E-state index in [0.717, 1.165) is 27.4 Å². The van der Waals surface area contributed by atoms with Crippen molar-refractivity contribution in [2.45, 2.75) is 32.4 Å². The molecule has 10 heteroatoms. The van der Waals surface area contributed by atoms with Crippen molar-refractivity contribution < 1.29 is 19.1 Å². The molecular formula is C24H25N5O4S. The predicted molar refractivity (Wildman–Crippen MR) is 126 cm³/mol. The Balaban J connectivity index is 1.38. The summed E-state index contributed by atoms with van der Waals surface area (Å²) in [6, 6.07) is 9.81. The molecule has 0 unspecified atom stereocenters. The standard InChI is InChI=1S/C24H25N5O4S/c1-28-15-26-12-17(28)14-33-24(31)29-10-9-18-19(11-25)23(34-21(18)13-29)27-22(30)8-7-16-5-3-4-6-20(16)32-2/h3-6,12,15H,7-10,13-14H2,1-2H3,(H,27,30). The molecule has 0 saturated carbocycles. The van der Waals surface area contributed by atoms with Gasteiger partial charge in [0, 0.05) is 24.9 Å². The van der Waals surface area contributed by atoms with Crippen molar-refractivity contribution in [3.63, 3.8) is 0 Å². The molecule has 2 aromatic heterocycles. The van der Waals surface area contributed by atoms with Gasteiger partial charge in [-0.05, 0) is 30.0 Å². The second kappa shape index (κ2) is 10.4. The number of carbonyl (C=O) groups is 2. The van der Waals surface area contributed by atoms with Crippen LogP contribution in [0.2, 0.25) is 0 Å². The van der Waals surface area contributed by atoms with E-state index in [1.165, 1.54) is 11.3 Å². The highest BCUT2D eigenvalue weighted by Crippen LogP contribution is 2.37. The van der Waals surface area contributed by atoms with Crippen molar-refractivity contribution in [3.05, 3.63) is 64.1 Å². The van der Waals surface area contributed by atoms with Gasteiger partial charge in [-0.3, -0.25) is 4.79 Å². The van der Waals surface area contributed by atoms with Gasteiger partial charge in [-0.2, -0.15) is 5.26 Å². The summed E-state index contributed by atoms with van der Waals surface area (Å²) in [5.74, 6) is 0.573. The molecule has 2 amide bonds. The average molecular weight is 480 g/mol. The SMILES string of the molecule is COc1ccccc1CCC(=O)Nc1sc2c(c1C#N)CCN(C(=O)OCc1cncn1C)C2. The predicted octanol–water partition coefficient (Wildman–Crippen LogP) is 3.63. The molecule has 1 aliphatic heterocycles. The zero-order chi connectivity index (χ0) is 24.1. The van der Waals surface area contributed by atoms with E-state index in [0.29, 0.717) is 36.5 Å². The molecule has 34 heavy (non-hydrogen) atoms. The van der Waals surface area contributed by atoms with Crippen LogP contribution in [0.25, 0.3) is 0 Å². The molecule has 0 radical (unpaired) electrons. The fraction of sp³-hybridized carbons (Fsp3) is 0.333. The van der Waals surface area contributed by atoms with E-state index in [1.807, 2.05) is 31.3 Å². The molecule has 176 valence electrons. The molecule has 1 aliphatic rings. The van der Waals surface area contributed by atoms with Crippen LogP contribution in [0.15, 0.2) is 36.8 Å². The number of nitriles is 1. The second-order valence-corrected chi connectivity index (χ2v) is 9.01. The van der Waals surface area contributed by atoms with E-state index < -0.39 is 6.09 Å². The summed E-state index contributed by atoms with van der Waals surface area (Å²) in [6.45, 7) is 0.930. The number of para-hydroxylation sites is 1. The van der Waals surface area contributed by atoms with Crippen molar-refractivity contribution >= 4 is 28.3 Å². The molecule has 0 saturated heterocycles. The maximum atomic E-state index is 12.6. The number of carbonyl (C=O) groups excluding carboxylic acids is 2. The number of amides is 2. The van der Waals surface area contributed by atoms with Gasteiger partial charge in [-0.1, -0.05) is 18.2 Å². The van der Waals surface area contributed by atoms with Gasteiger partial charge in [0.25, 0.3) is 0 Å². The Morgan fingerprint density at radius 3 is 2.88 bits per heavy atom. The lowest BCUT2D eigenvalue weighted by molar-refractivity contribution is -0.116. The third-order valence-electron chi connectivity index (χ3n) is 5.75. The quantitative estimate of drug-likeness (QED) is 0.554. The largest absolute Gasteiger partial charge is 0.496 e. The second-order valence-electron chi connectivity index (χ2n) is 7.90. The first-order valence-electron chi connectivity index (χ1n) is 10.8. The lowest BCUT2D eigenvalue weighted by atomic mass is 10.0. The van der Waals surface area contributed by atoms with Crippen LogP contribution in [-0.4, -0.2) is 40.1 Å². The zero-order valence-corrected chi connectivity index (χ0v) is 19.9. The van der Waals surface area contributed by atoms with Crippen molar-refractivity contribution in [2.24, 2.45) is 7.05 Å². The van der Waals surface area contributed by atoms with Gasteiger partial charge in [-0.15, -0.1) is 11.3 Å². The molecule has 0 spiro atoms. The number of hydrogen-bond donors (Lipinski definition) is 1. The molecule has 3 aromatic rings. The third kappa shape index (κ3) is 5.05. The number of fused-ring (bicyclic) bond motifs is 1. The summed E-state index contributed by atoms with van der Waals surface area (Å²) in [4.78, 5) is 31.7. The topological polar surface area (TPSA) is 109 Å². The number of rotatable bonds is 7. The van der Waals surface area contributed by atoms with Gasteiger partial charge in [0.2, 0.25) is 5.91 Å². The Morgan fingerprint density at radius 1 is 1.32 bits per heavy atom. The van der Waals surface area contributed by atoms with Gasteiger partial charge in [0.1, 0.15) is 23.4 Å². The highest BCUT2D eigenvalue weighted by molar-refractivity contribution is 7.16. The minimum atomic E-state index is -0.416. The van der Waals surface area contributed by atoms with Crippen molar-refractivity contribution in [1.29, 1.82) is 5.26 Å². The number of nitrogens with one attached hydrogen (secondary N) is 1. The molecular weight excluding hydrogens is 454 g/mol. The Labute approximate surface area is 201 Å². The summed E-state index contributed by atoms with van der Waals surface area (Å²) in [6.07, 6.45) is 4.22. The summed E-state index contributed by atoms with van der Waals surface area (Å²) in [5, 5.41) is 13.1. The normalized spacial score (nSPS) is 12.6. The molecule has 3 heterocycles. The van der Waals surface area contributed by atoms with Gasteiger partial charge in [0.15, 0.2) is 0 Å². The summed E-state index contributed by atoms with van der Waals surface area (Å²) in [7, 11) is 3.44. The van der Waals surface area contributed by atoms with Crippen LogP contribution >= 0.6 is 11.3 Å². The minimum Gasteiger partial charge on any atom is -0.496 e. The van der Waals surface area contributed by atoms with Crippen LogP contribution in [-0.2, 0) is 42.6 Å². The highest BCUT2D eigenvalue weighted by atomic mass is 32.1. The number of hydrogen-bond acceptors (Lipinski definition) is 7. The maximum Gasteiger partial charge on any atom is 0.410 e. The van der Waals surface area contributed by atoms with Crippen molar-refractivity contribution in [1.82, 2.24) is 14.5 Å².